The summed E-state index contributed by atoms with van der Waals surface area (Å²) in [6.07, 6.45) is 5.02. The normalized spacial score (nSPS) is 10.8. The number of hydrogen-bond donors (Lipinski definition) is 1. The molecule has 3 nitrogen and oxygen atoms in total. The molecule has 96 valence electrons. The fourth-order valence-electron chi connectivity index (χ4n) is 1.96. The third-order valence-electron chi connectivity index (χ3n) is 3.02. The molecular formula is C15H21N3. The van der Waals surface area contributed by atoms with E-state index in [2.05, 4.69) is 53.0 Å². The van der Waals surface area contributed by atoms with Crippen LogP contribution in [0.15, 0.2) is 36.8 Å². The Morgan fingerprint density at radius 3 is 2.67 bits per heavy atom. The molecule has 0 aliphatic carbocycles. The van der Waals surface area contributed by atoms with Crippen LogP contribution < -0.4 is 5.32 Å². The first-order valence-electron chi connectivity index (χ1n) is 6.59. The Balaban J connectivity index is 2.05. The fraction of sp³-hybridized carbons (Fsp3) is 0.400. The zero-order valence-corrected chi connectivity index (χ0v) is 11.2. The molecular weight excluding hydrogens is 222 g/mol. The van der Waals surface area contributed by atoms with Gasteiger partial charge in [-0.05, 0) is 25.5 Å². The quantitative estimate of drug-likeness (QED) is 0.791. The van der Waals surface area contributed by atoms with E-state index in [-0.39, 0.29) is 0 Å². The van der Waals surface area contributed by atoms with Gasteiger partial charge in [0.25, 0.3) is 0 Å². The minimum absolute atomic E-state index is 0.962. The topological polar surface area (TPSA) is 29.9 Å². The van der Waals surface area contributed by atoms with E-state index in [9.17, 15) is 0 Å². The van der Waals surface area contributed by atoms with Gasteiger partial charge < -0.3 is 9.88 Å². The number of nitrogens with one attached hydrogen (secondary N) is 1. The first-order valence-corrected chi connectivity index (χ1v) is 6.59. The number of aromatic nitrogens is 2. The van der Waals surface area contributed by atoms with Crippen LogP contribution in [0.5, 0.6) is 0 Å². The Morgan fingerprint density at radius 1 is 1.17 bits per heavy atom. The van der Waals surface area contributed by atoms with E-state index in [0.717, 1.165) is 19.6 Å². The van der Waals surface area contributed by atoms with Crippen molar-refractivity contribution < 1.29 is 0 Å². The molecule has 0 spiro atoms. The maximum Gasteiger partial charge on any atom is 0.0951 e. The SMILES string of the molecule is CCCNCCn1cncc1-c1ccc(C)cc1. The van der Waals surface area contributed by atoms with E-state index >= 15 is 0 Å². The third-order valence-corrected chi connectivity index (χ3v) is 3.02. The van der Waals surface area contributed by atoms with Crippen LogP contribution in [0.4, 0.5) is 0 Å². The summed E-state index contributed by atoms with van der Waals surface area (Å²) < 4.78 is 2.20. The van der Waals surface area contributed by atoms with Crippen LogP contribution >= 0.6 is 0 Å². The number of rotatable bonds is 6. The Bertz CT molecular complexity index is 471. The average molecular weight is 243 g/mol. The maximum absolute atomic E-state index is 4.26. The van der Waals surface area contributed by atoms with E-state index < -0.39 is 0 Å². The molecule has 0 atom stereocenters. The molecule has 3 heteroatoms. The molecule has 18 heavy (non-hydrogen) atoms. The van der Waals surface area contributed by atoms with Crippen molar-refractivity contribution in [1.29, 1.82) is 0 Å². The number of benzene rings is 1. The summed E-state index contributed by atoms with van der Waals surface area (Å²) in [7, 11) is 0. The lowest BCUT2D eigenvalue weighted by Gasteiger charge is -2.09. The van der Waals surface area contributed by atoms with Crippen molar-refractivity contribution in [2.24, 2.45) is 0 Å². The highest BCUT2D eigenvalue weighted by Gasteiger charge is 2.04. The van der Waals surface area contributed by atoms with E-state index in [1.165, 1.54) is 23.2 Å². The Morgan fingerprint density at radius 2 is 1.94 bits per heavy atom. The van der Waals surface area contributed by atoms with Gasteiger partial charge in [0.2, 0.25) is 0 Å². The Labute approximate surface area is 109 Å². The van der Waals surface area contributed by atoms with Gasteiger partial charge in [-0.2, -0.15) is 0 Å². The summed E-state index contributed by atoms with van der Waals surface area (Å²) >= 11 is 0. The second kappa shape index (κ2) is 6.36. The highest BCUT2D eigenvalue weighted by molar-refractivity contribution is 5.59. The van der Waals surface area contributed by atoms with Crippen LogP contribution in [-0.4, -0.2) is 22.6 Å². The van der Waals surface area contributed by atoms with Crippen molar-refractivity contribution in [2.45, 2.75) is 26.8 Å². The molecule has 1 aromatic carbocycles. The predicted molar refractivity (Wildman–Crippen MR) is 75.6 cm³/mol. The molecule has 0 aliphatic heterocycles. The average Bonchev–Trinajstić information content (AvgIpc) is 2.84. The van der Waals surface area contributed by atoms with Crippen molar-refractivity contribution in [3.63, 3.8) is 0 Å². The van der Waals surface area contributed by atoms with Gasteiger partial charge in [0.1, 0.15) is 0 Å². The molecule has 0 aliphatic rings. The summed E-state index contributed by atoms with van der Waals surface area (Å²) in [6.45, 7) is 7.32. The molecule has 2 aromatic rings. The van der Waals surface area contributed by atoms with E-state index in [0.29, 0.717) is 0 Å². The Hall–Kier alpha value is -1.61. The molecule has 0 unspecified atom stereocenters. The molecule has 1 aromatic heterocycles. The largest absolute Gasteiger partial charge is 0.329 e. The molecule has 0 radical (unpaired) electrons. The van der Waals surface area contributed by atoms with Crippen LogP contribution in [0.2, 0.25) is 0 Å². The second-order valence-corrected chi connectivity index (χ2v) is 4.59. The van der Waals surface area contributed by atoms with Gasteiger partial charge >= 0.3 is 0 Å². The van der Waals surface area contributed by atoms with Crippen LogP contribution in [-0.2, 0) is 6.54 Å². The second-order valence-electron chi connectivity index (χ2n) is 4.59. The van der Waals surface area contributed by atoms with Gasteiger partial charge in [-0.15, -0.1) is 0 Å². The zero-order valence-electron chi connectivity index (χ0n) is 11.2. The van der Waals surface area contributed by atoms with Crippen LogP contribution in [0, 0.1) is 6.92 Å². The first kappa shape index (κ1) is 12.8. The van der Waals surface area contributed by atoms with Gasteiger partial charge in [0, 0.05) is 13.1 Å². The summed E-state index contributed by atoms with van der Waals surface area (Å²) in [5.41, 5.74) is 3.70. The van der Waals surface area contributed by atoms with E-state index in [1.54, 1.807) is 0 Å². The van der Waals surface area contributed by atoms with Crippen molar-refractivity contribution in [3.8, 4) is 11.3 Å². The molecule has 0 fully saturated rings. The molecule has 0 bridgehead atoms. The van der Waals surface area contributed by atoms with E-state index in [4.69, 9.17) is 0 Å². The molecule has 0 saturated heterocycles. The monoisotopic (exact) mass is 243 g/mol. The van der Waals surface area contributed by atoms with Crippen molar-refractivity contribution in [2.75, 3.05) is 13.1 Å². The van der Waals surface area contributed by atoms with Gasteiger partial charge in [-0.3, -0.25) is 0 Å². The number of aryl methyl sites for hydroxylation is 1. The van der Waals surface area contributed by atoms with Crippen molar-refractivity contribution in [3.05, 3.63) is 42.4 Å². The lowest BCUT2D eigenvalue weighted by Crippen LogP contribution is -2.20. The zero-order chi connectivity index (χ0) is 12.8. The number of hydrogen-bond acceptors (Lipinski definition) is 2. The minimum atomic E-state index is 0.962. The smallest absolute Gasteiger partial charge is 0.0951 e. The third kappa shape index (κ3) is 3.20. The predicted octanol–water partition coefficient (Wildman–Crippen LogP) is 2.86. The van der Waals surface area contributed by atoms with Crippen molar-refractivity contribution >= 4 is 0 Å². The molecule has 2 rings (SSSR count). The van der Waals surface area contributed by atoms with Crippen LogP contribution in [0.25, 0.3) is 11.3 Å². The summed E-state index contributed by atoms with van der Waals surface area (Å²) in [6, 6.07) is 8.59. The first-order chi connectivity index (χ1) is 8.81. The lowest BCUT2D eigenvalue weighted by atomic mass is 10.1. The Kier molecular flexibility index (Phi) is 4.53. The summed E-state index contributed by atoms with van der Waals surface area (Å²) in [4.78, 5) is 4.26. The minimum Gasteiger partial charge on any atom is -0.329 e. The fourth-order valence-corrected chi connectivity index (χ4v) is 1.96. The molecule has 0 saturated carbocycles. The molecule has 0 amide bonds. The van der Waals surface area contributed by atoms with Gasteiger partial charge in [-0.1, -0.05) is 36.8 Å². The molecule has 1 heterocycles. The number of imidazole rings is 1. The highest BCUT2D eigenvalue weighted by atomic mass is 15.1. The summed E-state index contributed by atoms with van der Waals surface area (Å²) in [5.74, 6) is 0. The van der Waals surface area contributed by atoms with Crippen LogP contribution in [0.3, 0.4) is 0 Å². The van der Waals surface area contributed by atoms with E-state index in [1.807, 2.05) is 12.5 Å². The molecule has 1 N–H and O–H groups in total. The van der Waals surface area contributed by atoms with Gasteiger partial charge in [-0.25, -0.2) is 4.98 Å². The summed E-state index contributed by atoms with van der Waals surface area (Å²) in [5, 5.41) is 3.41. The maximum atomic E-state index is 4.26. The number of nitrogens with zero attached hydrogens (tertiary/aromatic N) is 2. The van der Waals surface area contributed by atoms with Crippen LogP contribution in [0.1, 0.15) is 18.9 Å². The van der Waals surface area contributed by atoms with Gasteiger partial charge in [0.15, 0.2) is 0 Å². The lowest BCUT2D eigenvalue weighted by molar-refractivity contribution is 0.596. The van der Waals surface area contributed by atoms with Crippen molar-refractivity contribution in [1.82, 2.24) is 14.9 Å². The standard InChI is InChI=1S/C15H21N3/c1-3-8-16-9-10-18-12-17-11-15(18)14-6-4-13(2)5-7-14/h4-7,11-12,16H,3,8-10H2,1-2H3. The van der Waals surface area contributed by atoms with Gasteiger partial charge in [0.05, 0.1) is 18.2 Å². The highest BCUT2D eigenvalue weighted by Crippen LogP contribution is 2.19.